The molecule has 0 aliphatic carbocycles. The van der Waals surface area contributed by atoms with Crippen LogP contribution < -0.4 is 0 Å². The molecule has 13 heavy (non-hydrogen) atoms. The summed E-state index contributed by atoms with van der Waals surface area (Å²) in [7, 11) is 0. The largest absolute Gasteiger partial charge is 0.176 e. The lowest BCUT2D eigenvalue weighted by Crippen LogP contribution is -1.95. The number of thiol groups is 1. The van der Waals surface area contributed by atoms with Gasteiger partial charge in [-0.3, -0.25) is 0 Å². The monoisotopic (exact) mass is 200 g/mol. The second kappa shape index (κ2) is 10.2. The Hall–Kier alpha value is 0.0900. The van der Waals surface area contributed by atoms with E-state index < -0.39 is 0 Å². The van der Waals surface area contributed by atoms with Crippen molar-refractivity contribution in [3.8, 4) is 0 Å². The molecule has 0 spiro atoms. The van der Waals surface area contributed by atoms with E-state index in [9.17, 15) is 0 Å². The van der Waals surface area contributed by atoms with Crippen molar-refractivity contribution >= 4 is 12.6 Å². The zero-order valence-electron chi connectivity index (χ0n) is 9.13. The highest BCUT2D eigenvalue weighted by atomic mass is 32.1. The van der Waals surface area contributed by atoms with Gasteiger partial charge in [-0.25, -0.2) is 0 Å². The SMILES string of the molecule is CC=CCCCCCCC(S)CC. The highest BCUT2D eigenvalue weighted by Crippen LogP contribution is 2.12. The third kappa shape index (κ3) is 10.0. The van der Waals surface area contributed by atoms with Crippen molar-refractivity contribution in [2.75, 3.05) is 0 Å². The van der Waals surface area contributed by atoms with E-state index in [0.29, 0.717) is 5.25 Å². The third-order valence-corrected chi connectivity index (χ3v) is 2.99. The van der Waals surface area contributed by atoms with Crippen LogP contribution in [0.15, 0.2) is 12.2 Å². The fourth-order valence-electron chi connectivity index (χ4n) is 1.37. The highest BCUT2D eigenvalue weighted by molar-refractivity contribution is 7.80. The average molecular weight is 200 g/mol. The molecule has 0 saturated heterocycles. The van der Waals surface area contributed by atoms with Crippen LogP contribution in [0.4, 0.5) is 0 Å². The maximum absolute atomic E-state index is 4.48. The minimum atomic E-state index is 0.635. The Labute approximate surface area is 89.2 Å². The molecule has 1 unspecified atom stereocenters. The van der Waals surface area contributed by atoms with Crippen LogP contribution in [0.1, 0.15) is 58.8 Å². The summed E-state index contributed by atoms with van der Waals surface area (Å²) in [6, 6.07) is 0. The molecule has 0 rings (SSSR count). The molecule has 0 aromatic carbocycles. The van der Waals surface area contributed by atoms with Crippen LogP contribution >= 0.6 is 12.6 Å². The maximum atomic E-state index is 4.48. The molecule has 0 heterocycles. The van der Waals surface area contributed by atoms with Crippen LogP contribution in [0.3, 0.4) is 0 Å². The Kier molecular flexibility index (Phi) is 10.2. The molecule has 0 bridgehead atoms. The summed E-state index contributed by atoms with van der Waals surface area (Å²) >= 11 is 4.48. The van der Waals surface area contributed by atoms with Crippen LogP contribution in [0.5, 0.6) is 0 Å². The van der Waals surface area contributed by atoms with Crippen molar-refractivity contribution in [1.82, 2.24) is 0 Å². The molecule has 0 aliphatic rings. The zero-order chi connectivity index (χ0) is 9.94. The molecular weight excluding hydrogens is 176 g/mol. The summed E-state index contributed by atoms with van der Waals surface area (Å²) in [6.45, 7) is 4.30. The lowest BCUT2D eigenvalue weighted by atomic mass is 10.1. The maximum Gasteiger partial charge on any atom is 0.00141 e. The molecule has 0 aliphatic heterocycles. The van der Waals surface area contributed by atoms with Crippen molar-refractivity contribution < 1.29 is 0 Å². The van der Waals surface area contributed by atoms with E-state index in [1.807, 2.05) is 0 Å². The first kappa shape index (κ1) is 13.1. The Morgan fingerprint density at radius 2 is 1.85 bits per heavy atom. The molecule has 0 nitrogen and oxygen atoms in total. The number of allylic oxidation sites excluding steroid dienone is 2. The van der Waals surface area contributed by atoms with Gasteiger partial charge in [-0.05, 0) is 32.6 Å². The predicted molar refractivity (Wildman–Crippen MR) is 65.6 cm³/mol. The minimum Gasteiger partial charge on any atom is -0.176 e. The van der Waals surface area contributed by atoms with Crippen LogP contribution in [0, 0.1) is 0 Å². The molecule has 1 atom stereocenters. The van der Waals surface area contributed by atoms with Crippen LogP contribution in [0.2, 0.25) is 0 Å². The average Bonchev–Trinajstić information content (AvgIpc) is 2.16. The number of hydrogen-bond acceptors (Lipinski definition) is 1. The predicted octanol–water partition coefficient (Wildman–Crippen LogP) is 4.61. The first-order valence-corrected chi connectivity index (χ1v) is 6.12. The van der Waals surface area contributed by atoms with Gasteiger partial charge in [-0.2, -0.15) is 12.6 Å². The van der Waals surface area contributed by atoms with Gasteiger partial charge in [0, 0.05) is 5.25 Å². The van der Waals surface area contributed by atoms with Crippen LogP contribution in [0.25, 0.3) is 0 Å². The Morgan fingerprint density at radius 1 is 1.15 bits per heavy atom. The minimum absolute atomic E-state index is 0.635. The summed E-state index contributed by atoms with van der Waals surface area (Å²) in [4.78, 5) is 0. The van der Waals surface area contributed by atoms with Crippen molar-refractivity contribution in [3.05, 3.63) is 12.2 Å². The molecule has 0 radical (unpaired) electrons. The molecule has 0 saturated carbocycles. The molecule has 0 aromatic rings. The molecule has 0 fully saturated rings. The number of hydrogen-bond donors (Lipinski definition) is 1. The Bertz CT molecular complexity index is 118. The summed E-state index contributed by atoms with van der Waals surface area (Å²) in [5.41, 5.74) is 0. The summed E-state index contributed by atoms with van der Waals surface area (Å²) in [5, 5.41) is 0.635. The smallest absolute Gasteiger partial charge is 0.00141 e. The van der Waals surface area contributed by atoms with Crippen molar-refractivity contribution in [1.29, 1.82) is 0 Å². The zero-order valence-corrected chi connectivity index (χ0v) is 10.0. The number of rotatable bonds is 8. The van der Waals surface area contributed by atoms with E-state index in [0.717, 1.165) is 0 Å². The van der Waals surface area contributed by atoms with Gasteiger partial charge in [0.15, 0.2) is 0 Å². The topological polar surface area (TPSA) is 0 Å². The van der Waals surface area contributed by atoms with E-state index in [4.69, 9.17) is 0 Å². The van der Waals surface area contributed by atoms with E-state index in [1.54, 1.807) is 0 Å². The quantitative estimate of drug-likeness (QED) is 0.330. The van der Waals surface area contributed by atoms with Gasteiger partial charge in [0.05, 0.1) is 0 Å². The fraction of sp³-hybridized carbons (Fsp3) is 0.833. The second-order valence-corrected chi connectivity index (χ2v) is 4.35. The van der Waals surface area contributed by atoms with Crippen molar-refractivity contribution in [2.24, 2.45) is 0 Å². The summed E-state index contributed by atoms with van der Waals surface area (Å²) in [6.07, 6.45) is 13.6. The second-order valence-electron chi connectivity index (χ2n) is 3.62. The van der Waals surface area contributed by atoms with Crippen LogP contribution in [-0.4, -0.2) is 5.25 Å². The first-order valence-electron chi connectivity index (χ1n) is 5.60. The fourth-order valence-corrected chi connectivity index (χ4v) is 1.55. The molecule has 0 amide bonds. The standard InChI is InChI=1S/C12H24S/c1-3-5-6-7-8-9-10-11-12(13)4-2/h3,5,12-13H,4,6-11H2,1-2H3. The molecular formula is C12H24S. The molecule has 78 valence electrons. The first-order chi connectivity index (χ1) is 6.31. The van der Waals surface area contributed by atoms with E-state index in [2.05, 4.69) is 38.6 Å². The van der Waals surface area contributed by atoms with Crippen molar-refractivity contribution in [3.63, 3.8) is 0 Å². The van der Waals surface area contributed by atoms with E-state index in [-0.39, 0.29) is 0 Å². The van der Waals surface area contributed by atoms with E-state index >= 15 is 0 Å². The third-order valence-electron chi connectivity index (χ3n) is 2.37. The molecule has 0 N–H and O–H groups in total. The summed E-state index contributed by atoms with van der Waals surface area (Å²) < 4.78 is 0. The van der Waals surface area contributed by atoms with Gasteiger partial charge in [0.25, 0.3) is 0 Å². The van der Waals surface area contributed by atoms with Gasteiger partial charge in [0.1, 0.15) is 0 Å². The Morgan fingerprint density at radius 3 is 2.46 bits per heavy atom. The van der Waals surface area contributed by atoms with Gasteiger partial charge in [-0.1, -0.05) is 38.3 Å². The molecule has 0 aromatic heterocycles. The van der Waals surface area contributed by atoms with E-state index in [1.165, 1.54) is 44.9 Å². The number of unbranched alkanes of at least 4 members (excludes halogenated alkanes) is 4. The molecule has 1 heteroatoms. The van der Waals surface area contributed by atoms with Gasteiger partial charge >= 0.3 is 0 Å². The lowest BCUT2D eigenvalue weighted by molar-refractivity contribution is 0.601. The van der Waals surface area contributed by atoms with Crippen molar-refractivity contribution in [2.45, 2.75) is 64.0 Å². The Balaban J connectivity index is 2.99. The lowest BCUT2D eigenvalue weighted by Gasteiger charge is -2.06. The van der Waals surface area contributed by atoms with Gasteiger partial charge < -0.3 is 0 Å². The highest BCUT2D eigenvalue weighted by Gasteiger charge is 1.98. The van der Waals surface area contributed by atoms with Gasteiger partial charge in [-0.15, -0.1) is 0 Å². The normalized spacial score (nSPS) is 13.8. The van der Waals surface area contributed by atoms with Crippen LogP contribution in [-0.2, 0) is 0 Å². The summed E-state index contributed by atoms with van der Waals surface area (Å²) in [5.74, 6) is 0. The van der Waals surface area contributed by atoms with Gasteiger partial charge in [0.2, 0.25) is 0 Å².